The molecule has 0 atom stereocenters. The second-order valence-corrected chi connectivity index (χ2v) is 5.23. The van der Waals surface area contributed by atoms with Gasteiger partial charge in [-0.3, -0.25) is 4.79 Å². The Morgan fingerprint density at radius 2 is 2.11 bits per heavy atom. The standard InChI is InChI=1S/C14H14ClNO2S/c1-18-12-8-13(19-9-12)14(17)16-11-4-2-10(3-5-11)6-7-15/h2-5,8-9H,6-7H2,1H3,(H,16,17). The fourth-order valence-electron chi connectivity index (χ4n) is 1.60. The zero-order valence-corrected chi connectivity index (χ0v) is 12.1. The molecule has 0 radical (unpaired) electrons. The SMILES string of the molecule is COc1csc(C(=O)Nc2ccc(CCCl)cc2)c1. The molecule has 0 aliphatic rings. The third kappa shape index (κ3) is 3.72. The van der Waals surface area contributed by atoms with Crippen LogP contribution in [0.1, 0.15) is 15.2 Å². The van der Waals surface area contributed by atoms with E-state index in [0.29, 0.717) is 16.5 Å². The monoisotopic (exact) mass is 295 g/mol. The van der Waals surface area contributed by atoms with Gasteiger partial charge >= 0.3 is 0 Å². The largest absolute Gasteiger partial charge is 0.496 e. The summed E-state index contributed by atoms with van der Waals surface area (Å²) in [6.45, 7) is 0. The van der Waals surface area contributed by atoms with Gasteiger partial charge in [-0.1, -0.05) is 12.1 Å². The highest BCUT2D eigenvalue weighted by Crippen LogP contribution is 2.22. The van der Waals surface area contributed by atoms with Crippen molar-refractivity contribution in [1.29, 1.82) is 0 Å². The number of anilines is 1. The average Bonchev–Trinajstić information content (AvgIpc) is 2.90. The van der Waals surface area contributed by atoms with Crippen LogP contribution in [0.2, 0.25) is 0 Å². The van der Waals surface area contributed by atoms with Gasteiger partial charge < -0.3 is 10.1 Å². The first-order valence-electron chi connectivity index (χ1n) is 5.81. The summed E-state index contributed by atoms with van der Waals surface area (Å²) in [6.07, 6.45) is 0.831. The lowest BCUT2D eigenvalue weighted by Crippen LogP contribution is -2.10. The smallest absolute Gasteiger partial charge is 0.265 e. The summed E-state index contributed by atoms with van der Waals surface area (Å²) in [4.78, 5) is 12.6. The summed E-state index contributed by atoms with van der Waals surface area (Å²) in [7, 11) is 1.58. The van der Waals surface area contributed by atoms with E-state index < -0.39 is 0 Å². The second kappa shape index (κ2) is 6.59. The van der Waals surface area contributed by atoms with Crippen LogP contribution in [0.5, 0.6) is 5.75 Å². The molecule has 0 spiro atoms. The molecule has 100 valence electrons. The zero-order chi connectivity index (χ0) is 13.7. The summed E-state index contributed by atoms with van der Waals surface area (Å²) in [5.41, 5.74) is 1.93. The van der Waals surface area contributed by atoms with E-state index in [1.165, 1.54) is 11.3 Å². The van der Waals surface area contributed by atoms with Crippen LogP contribution >= 0.6 is 22.9 Å². The molecule has 2 rings (SSSR count). The van der Waals surface area contributed by atoms with E-state index in [0.717, 1.165) is 17.7 Å². The molecule has 0 aliphatic heterocycles. The number of methoxy groups -OCH3 is 1. The molecule has 0 unspecified atom stereocenters. The molecule has 2 aromatic rings. The fourth-order valence-corrected chi connectivity index (χ4v) is 2.57. The third-order valence-corrected chi connectivity index (χ3v) is 3.73. The highest BCUT2D eigenvalue weighted by atomic mass is 35.5. The van der Waals surface area contributed by atoms with E-state index >= 15 is 0 Å². The minimum absolute atomic E-state index is 0.126. The number of rotatable bonds is 5. The first-order chi connectivity index (χ1) is 9.22. The first-order valence-corrected chi connectivity index (χ1v) is 7.23. The molecule has 5 heteroatoms. The van der Waals surface area contributed by atoms with Crippen LogP contribution in [0.4, 0.5) is 5.69 Å². The number of carbonyl (C=O) groups excluding carboxylic acids is 1. The van der Waals surface area contributed by atoms with Gasteiger partial charge in [0.15, 0.2) is 0 Å². The van der Waals surface area contributed by atoms with Gasteiger partial charge in [0.25, 0.3) is 5.91 Å². The molecule has 0 saturated carbocycles. The highest BCUT2D eigenvalue weighted by molar-refractivity contribution is 7.12. The van der Waals surface area contributed by atoms with Crippen molar-refractivity contribution in [2.45, 2.75) is 6.42 Å². The number of alkyl halides is 1. The molecule has 1 amide bonds. The number of amides is 1. The van der Waals surface area contributed by atoms with Crippen LogP contribution < -0.4 is 10.1 Å². The highest BCUT2D eigenvalue weighted by Gasteiger charge is 2.09. The van der Waals surface area contributed by atoms with Gasteiger partial charge in [-0.15, -0.1) is 22.9 Å². The summed E-state index contributed by atoms with van der Waals surface area (Å²) < 4.78 is 5.06. The molecule has 1 N–H and O–H groups in total. The van der Waals surface area contributed by atoms with Crippen molar-refractivity contribution < 1.29 is 9.53 Å². The summed E-state index contributed by atoms with van der Waals surface area (Å²) >= 11 is 7.03. The predicted molar refractivity (Wildman–Crippen MR) is 79.7 cm³/mol. The molecule has 19 heavy (non-hydrogen) atoms. The van der Waals surface area contributed by atoms with Gasteiger partial charge in [-0.05, 0) is 24.1 Å². The number of hydrogen-bond donors (Lipinski definition) is 1. The minimum atomic E-state index is -0.126. The number of carbonyl (C=O) groups is 1. The predicted octanol–water partition coefficient (Wildman–Crippen LogP) is 3.79. The van der Waals surface area contributed by atoms with Crippen LogP contribution in [0.25, 0.3) is 0 Å². The van der Waals surface area contributed by atoms with E-state index in [4.69, 9.17) is 16.3 Å². The Morgan fingerprint density at radius 3 is 2.68 bits per heavy atom. The number of nitrogens with one attached hydrogen (secondary N) is 1. The van der Waals surface area contributed by atoms with Crippen LogP contribution in [0.3, 0.4) is 0 Å². The molecule has 0 aliphatic carbocycles. The topological polar surface area (TPSA) is 38.3 Å². The molecular weight excluding hydrogens is 282 g/mol. The Morgan fingerprint density at radius 1 is 1.37 bits per heavy atom. The van der Waals surface area contributed by atoms with Crippen molar-refractivity contribution in [2.75, 3.05) is 18.3 Å². The van der Waals surface area contributed by atoms with Crippen LogP contribution in [0, 0.1) is 0 Å². The van der Waals surface area contributed by atoms with Crippen molar-refractivity contribution in [2.24, 2.45) is 0 Å². The quantitative estimate of drug-likeness (QED) is 0.852. The zero-order valence-electron chi connectivity index (χ0n) is 10.5. The number of benzene rings is 1. The Bertz CT molecular complexity index is 551. The van der Waals surface area contributed by atoms with E-state index in [9.17, 15) is 4.79 Å². The Balaban J connectivity index is 2.01. The summed E-state index contributed by atoms with van der Waals surface area (Å²) in [5.74, 6) is 1.17. The maximum atomic E-state index is 12.0. The summed E-state index contributed by atoms with van der Waals surface area (Å²) in [5, 5.41) is 4.65. The third-order valence-electron chi connectivity index (χ3n) is 2.63. The first kappa shape index (κ1) is 13.9. The van der Waals surface area contributed by atoms with E-state index in [1.54, 1.807) is 18.6 Å². The van der Waals surface area contributed by atoms with E-state index in [-0.39, 0.29) is 5.91 Å². The second-order valence-electron chi connectivity index (χ2n) is 3.94. The molecule has 0 fully saturated rings. The lowest BCUT2D eigenvalue weighted by molar-refractivity contribution is 0.103. The Hall–Kier alpha value is -1.52. The van der Waals surface area contributed by atoms with Gasteiger partial charge in [-0.2, -0.15) is 0 Å². The number of hydrogen-bond acceptors (Lipinski definition) is 3. The lowest BCUT2D eigenvalue weighted by Gasteiger charge is -2.04. The molecular formula is C14H14ClNO2S. The molecule has 1 aromatic heterocycles. The lowest BCUT2D eigenvalue weighted by atomic mass is 10.1. The Labute approximate surface area is 121 Å². The molecule has 0 saturated heterocycles. The van der Waals surface area contributed by atoms with Crippen molar-refractivity contribution in [1.82, 2.24) is 0 Å². The van der Waals surface area contributed by atoms with Crippen LogP contribution in [0.15, 0.2) is 35.7 Å². The maximum Gasteiger partial charge on any atom is 0.265 e. The molecule has 1 heterocycles. The summed E-state index contributed by atoms with van der Waals surface area (Å²) in [6, 6.07) is 9.41. The van der Waals surface area contributed by atoms with Crippen molar-refractivity contribution >= 4 is 34.5 Å². The number of halogens is 1. The fraction of sp³-hybridized carbons (Fsp3) is 0.214. The van der Waals surface area contributed by atoms with Gasteiger partial charge in [0.05, 0.1) is 12.0 Å². The van der Waals surface area contributed by atoms with Crippen LogP contribution in [-0.4, -0.2) is 18.9 Å². The Kier molecular flexibility index (Phi) is 4.82. The number of aryl methyl sites for hydroxylation is 1. The van der Waals surface area contributed by atoms with Gasteiger partial charge in [0.2, 0.25) is 0 Å². The van der Waals surface area contributed by atoms with Crippen molar-refractivity contribution in [3.05, 3.63) is 46.2 Å². The average molecular weight is 296 g/mol. The number of thiophene rings is 1. The van der Waals surface area contributed by atoms with Gasteiger partial charge in [0.1, 0.15) is 5.75 Å². The maximum absolute atomic E-state index is 12.0. The minimum Gasteiger partial charge on any atom is -0.496 e. The molecule has 3 nitrogen and oxygen atoms in total. The van der Waals surface area contributed by atoms with E-state index in [1.807, 2.05) is 24.3 Å². The molecule has 1 aromatic carbocycles. The van der Waals surface area contributed by atoms with Crippen molar-refractivity contribution in [3.63, 3.8) is 0 Å². The van der Waals surface area contributed by atoms with Gasteiger partial charge in [-0.25, -0.2) is 0 Å². The van der Waals surface area contributed by atoms with Gasteiger partial charge in [0, 0.05) is 23.0 Å². The molecule has 0 bridgehead atoms. The van der Waals surface area contributed by atoms with E-state index in [2.05, 4.69) is 5.32 Å². The van der Waals surface area contributed by atoms with Crippen LogP contribution in [-0.2, 0) is 6.42 Å². The normalized spacial score (nSPS) is 10.2. The number of ether oxygens (including phenoxy) is 1. The van der Waals surface area contributed by atoms with Crippen molar-refractivity contribution in [3.8, 4) is 5.75 Å².